The molecule has 0 aliphatic heterocycles. The molecule has 0 aliphatic carbocycles. The maximum Gasteiger partial charge on any atom is 0.256 e. The SMILES string of the molecule is c1ccc(-c2nc(-c3ccccc3)nc(-c3cc(-c4ccccc4-c4ccccc4)cc[n+]3-c3cccc4oc5ccc6c7ccccc7n(-c7ccccc7)c6c5c34)n2)cc1. The van der Waals surface area contributed by atoms with Crippen molar-refractivity contribution in [2.75, 3.05) is 0 Å². The third-order valence-electron chi connectivity index (χ3n) is 11.8. The minimum Gasteiger partial charge on any atom is -0.456 e. The Balaban J connectivity index is 1.19. The fraction of sp³-hybridized carbons (Fsp3) is 0. The quantitative estimate of drug-likeness (QED) is 0.151. The largest absolute Gasteiger partial charge is 0.456 e. The van der Waals surface area contributed by atoms with Gasteiger partial charge in [0, 0.05) is 45.8 Å². The zero-order chi connectivity index (χ0) is 41.0. The van der Waals surface area contributed by atoms with Gasteiger partial charge >= 0.3 is 0 Å². The van der Waals surface area contributed by atoms with E-state index >= 15 is 0 Å². The predicted octanol–water partition coefficient (Wildman–Crippen LogP) is 13.5. The second-order valence-corrected chi connectivity index (χ2v) is 15.4. The van der Waals surface area contributed by atoms with Crippen molar-refractivity contribution in [3.05, 3.63) is 219 Å². The van der Waals surface area contributed by atoms with Gasteiger partial charge in [-0.15, -0.1) is 0 Å². The van der Waals surface area contributed by atoms with Gasteiger partial charge in [0.1, 0.15) is 16.6 Å². The van der Waals surface area contributed by atoms with E-state index in [4.69, 9.17) is 19.4 Å². The minimum absolute atomic E-state index is 0.546. The molecule has 0 saturated heterocycles. The third kappa shape index (κ3) is 5.88. The second kappa shape index (κ2) is 14.7. The van der Waals surface area contributed by atoms with E-state index in [9.17, 15) is 0 Å². The smallest absolute Gasteiger partial charge is 0.256 e. The Labute approximate surface area is 357 Å². The van der Waals surface area contributed by atoms with Gasteiger partial charge in [0.15, 0.2) is 17.8 Å². The standard InChI is InChI=1S/C56H36N5O/c1-5-18-37(19-6-1)42-26-13-14-27-43(42)40-34-35-60(48(36-40)56-58-54(38-20-7-2-8-21-38)57-55(59-56)39-22-9-3-10-23-39)47-30-17-31-49-51(47)52-50(62-49)33-32-45-44-28-15-16-29-46(44)61(53(45)52)41-24-11-4-12-25-41/h1-36H/q+1. The highest BCUT2D eigenvalue weighted by atomic mass is 16.3. The van der Waals surface area contributed by atoms with Gasteiger partial charge in [0.25, 0.3) is 5.69 Å². The van der Waals surface area contributed by atoms with Gasteiger partial charge in [-0.05, 0) is 58.7 Å². The normalized spacial score (nSPS) is 11.5. The summed E-state index contributed by atoms with van der Waals surface area (Å²) in [6.45, 7) is 0. The topological polar surface area (TPSA) is 60.6 Å². The highest BCUT2D eigenvalue weighted by Gasteiger charge is 2.28. The Morgan fingerprint density at radius 3 is 1.66 bits per heavy atom. The molecule has 0 atom stereocenters. The third-order valence-corrected chi connectivity index (χ3v) is 11.8. The molecule has 0 bridgehead atoms. The summed E-state index contributed by atoms with van der Waals surface area (Å²) < 4.78 is 11.4. The molecule has 4 aromatic heterocycles. The fourth-order valence-electron chi connectivity index (χ4n) is 8.96. The van der Waals surface area contributed by atoms with Crippen LogP contribution >= 0.6 is 0 Å². The van der Waals surface area contributed by atoms with Crippen LogP contribution in [0.15, 0.2) is 223 Å². The molecule has 0 unspecified atom stereocenters. The number of hydrogen-bond donors (Lipinski definition) is 0. The molecule has 62 heavy (non-hydrogen) atoms. The van der Waals surface area contributed by atoms with Crippen molar-refractivity contribution in [1.82, 2.24) is 19.5 Å². The van der Waals surface area contributed by atoms with Gasteiger partial charge in [-0.2, -0.15) is 4.57 Å². The van der Waals surface area contributed by atoms with Gasteiger partial charge in [-0.1, -0.05) is 158 Å². The Hall–Kier alpha value is -8.48. The van der Waals surface area contributed by atoms with Crippen LogP contribution < -0.4 is 4.57 Å². The molecular formula is C56H36N5O+. The van der Waals surface area contributed by atoms with Gasteiger partial charge < -0.3 is 8.98 Å². The zero-order valence-electron chi connectivity index (χ0n) is 33.4. The predicted molar refractivity (Wildman–Crippen MR) is 250 cm³/mol. The lowest BCUT2D eigenvalue weighted by Gasteiger charge is -2.13. The molecule has 0 fully saturated rings. The number of nitrogens with zero attached hydrogens (tertiary/aromatic N) is 5. The number of pyridine rings is 1. The number of rotatable bonds is 7. The summed E-state index contributed by atoms with van der Waals surface area (Å²) >= 11 is 0. The van der Waals surface area contributed by atoms with Crippen LogP contribution in [0.3, 0.4) is 0 Å². The van der Waals surface area contributed by atoms with Crippen LogP contribution in [0.1, 0.15) is 0 Å². The average Bonchev–Trinajstić information content (AvgIpc) is 3.91. The van der Waals surface area contributed by atoms with Crippen LogP contribution in [0.4, 0.5) is 0 Å². The fourth-order valence-corrected chi connectivity index (χ4v) is 8.96. The highest BCUT2D eigenvalue weighted by molar-refractivity contribution is 6.25. The van der Waals surface area contributed by atoms with Crippen LogP contribution in [0.5, 0.6) is 0 Å². The monoisotopic (exact) mass is 794 g/mol. The molecule has 12 aromatic rings. The molecule has 0 saturated carbocycles. The number of benzene rings is 8. The van der Waals surface area contributed by atoms with Crippen LogP contribution in [0.25, 0.3) is 112 Å². The van der Waals surface area contributed by atoms with Crippen molar-refractivity contribution < 1.29 is 8.98 Å². The van der Waals surface area contributed by atoms with Crippen LogP contribution in [0, 0.1) is 0 Å². The minimum atomic E-state index is 0.546. The summed E-state index contributed by atoms with van der Waals surface area (Å²) in [6, 6.07) is 73.6. The lowest BCUT2D eigenvalue weighted by Crippen LogP contribution is -2.34. The molecular weight excluding hydrogens is 759 g/mol. The number of furan rings is 1. The summed E-state index contributed by atoms with van der Waals surface area (Å²) in [7, 11) is 0. The molecule has 6 heteroatoms. The van der Waals surface area contributed by atoms with E-state index in [0.29, 0.717) is 17.5 Å². The molecule has 0 radical (unpaired) electrons. The van der Waals surface area contributed by atoms with E-state index in [1.54, 1.807) is 0 Å². The van der Waals surface area contributed by atoms with Crippen molar-refractivity contribution in [3.63, 3.8) is 0 Å². The van der Waals surface area contributed by atoms with Crippen molar-refractivity contribution >= 4 is 43.7 Å². The van der Waals surface area contributed by atoms with Crippen LogP contribution in [-0.2, 0) is 0 Å². The van der Waals surface area contributed by atoms with Gasteiger partial charge in [0.2, 0.25) is 11.5 Å². The highest BCUT2D eigenvalue weighted by Crippen LogP contribution is 2.42. The van der Waals surface area contributed by atoms with E-state index in [-0.39, 0.29) is 0 Å². The van der Waals surface area contributed by atoms with Crippen molar-refractivity contribution in [2.45, 2.75) is 0 Å². The Bertz CT molecular complexity index is 3560. The Morgan fingerprint density at radius 2 is 0.968 bits per heavy atom. The number of para-hydroxylation sites is 2. The molecule has 0 N–H and O–H groups in total. The second-order valence-electron chi connectivity index (χ2n) is 15.4. The molecule has 8 aromatic carbocycles. The number of aromatic nitrogens is 5. The molecule has 6 nitrogen and oxygen atoms in total. The first kappa shape index (κ1) is 35.5. The van der Waals surface area contributed by atoms with E-state index in [1.807, 2.05) is 60.7 Å². The summed E-state index contributed by atoms with van der Waals surface area (Å²) in [5.74, 6) is 1.74. The lowest BCUT2D eigenvalue weighted by molar-refractivity contribution is -0.582. The van der Waals surface area contributed by atoms with Gasteiger partial charge in [0.05, 0.1) is 16.4 Å². The first-order valence-electron chi connectivity index (χ1n) is 20.8. The first-order chi connectivity index (χ1) is 30.8. The average molecular weight is 795 g/mol. The molecule has 0 spiro atoms. The summed E-state index contributed by atoms with van der Waals surface area (Å²) in [5.41, 5.74) is 12.9. The van der Waals surface area contributed by atoms with Crippen LogP contribution in [-0.4, -0.2) is 19.5 Å². The zero-order valence-corrected chi connectivity index (χ0v) is 33.4. The Morgan fingerprint density at radius 1 is 0.403 bits per heavy atom. The maximum atomic E-state index is 6.80. The van der Waals surface area contributed by atoms with E-state index in [1.165, 1.54) is 5.39 Å². The summed E-state index contributed by atoms with van der Waals surface area (Å²) in [5, 5.41) is 4.38. The van der Waals surface area contributed by atoms with Crippen LogP contribution in [0.2, 0.25) is 0 Å². The van der Waals surface area contributed by atoms with Crippen molar-refractivity contribution in [2.24, 2.45) is 0 Å². The van der Waals surface area contributed by atoms with Crippen molar-refractivity contribution in [3.8, 4) is 67.9 Å². The first-order valence-corrected chi connectivity index (χ1v) is 20.8. The van der Waals surface area contributed by atoms with Gasteiger partial charge in [-0.25, -0.2) is 15.0 Å². The van der Waals surface area contributed by atoms with E-state index in [2.05, 4.69) is 167 Å². The summed E-state index contributed by atoms with van der Waals surface area (Å²) in [6.07, 6.45) is 2.15. The van der Waals surface area contributed by atoms with Gasteiger partial charge in [-0.3, -0.25) is 0 Å². The molecule has 0 aliphatic rings. The Kier molecular flexibility index (Phi) is 8.38. The maximum absolute atomic E-state index is 6.80. The van der Waals surface area contributed by atoms with E-state index in [0.717, 1.165) is 88.8 Å². The summed E-state index contributed by atoms with van der Waals surface area (Å²) in [4.78, 5) is 15.6. The molecule has 12 rings (SSSR count). The number of hydrogen-bond acceptors (Lipinski definition) is 4. The van der Waals surface area contributed by atoms with E-state index < -0.39 is 0 Å². The number of fused-ring (bicyclic) bond motifs is 7. The molecule has 290 valence electrons. The molecule has 4 heterocycles. The van der Waals surface area contributed by atoms with Crippen molar-refractivity contribution in [1.29, 1.82) is 0 Å². The molecule has 0 amide bonds. The lowest BCUT2D eigenvalue weighted by atomic mass is 9.94.